The molecule has 3 aromatic rings. The molecule has 24 heavy (non-hydrogen) atoms. The number of hydrogen-bond acceptors (Lipinski definition) is 4. The van der Waals surface area contributed by atoms with Gasteiger partial charge in [0.2, 0.25) is 5.95 Å². The zero-order valence-electron chi connectivity index (χ0n) is 13.3. The number of carbonyl (C=O) groups is 1. The summed E-state index contributed by atoms with van der Waals surface area (Å²) in [7, 11) is 1.93. The van der Waals surface area contributed by atoms with Crippen LogP contribution in [0.5, 0.6) is 0 Å². The lowest BCUT2D eigenvalue weighted by atomic mass is 9.99. The first-order valence-electron chi connectivity index (χ1n) is 7.55. The van der Waals surface area contributed by atoms with E-state index >= 15 is 0 Å². The number of carboxylic acid groups (broad SMARTS) is 1. The molecule has 0 unspecified atom stereocenters. The van der Waals surface area contributed by atoms with E-state index in [4.69, 9.17) is 0 Å². The van der Waals surface area contributed by atoms with Crippen LogP contribution in [0.2, 0.25) is 0 Å². The van der Waals surface area contributed by atoms with Crippen LogP contribution in [0.1, 0.15) is 15.9 Å². The Morgan fingerprint density at radius 2 is 1.67 bits per heavy atom. The third-order valence-corrected chi connectivity index (χ3v) is 3.74. The molecule has 0 saturated heterocycles. The molecule has 0 spiro atoms. The fraction of sp³-hybridized carbons (Fsp3) is 0.105. The molecule has 5 nitrogen and oxygen atoms in total. The van der Waals surface area contributed by atoms with E-state index in [1.807, 2.05) is 48.3 Å². The molecule has 0 saturated carbocycles. The molecule has 0 fully saturated rings. The summed E-state index contributed by atoms with van der Waals surface area (Å²) in [6.45, 7) is 0.671. The van der Waals surface area contributed by atoms with E-state index in [-0.39, 0.29) is 0 Å². The normalized spacial score (nSPS) is 10.4. The van der Waals surface area contributed by atoms with Crippen molar-refractivity contribution in [3.05, 3.63) is 78.1 Å². The van der Waals surface area contributed by atoms with Crippen LogP contribution in [-0.4, -0.2) is 28.1 Å². The molecule has 3 rings (SSSR count). The lowest BCUT2D eigenvalue weighted by molar-refractivity contribution is 0.0697. The second-order valence-corrected chi connectivity index (χ2v) is 5.45. The number of benzene rings is 2. The van der Waals surface area contributed by atoms with Crippen LogP contribution in [0, 0.1) is 0 Å². The summed E-state index contributed by atoms with van der Waals surface area (Å²) in [6.07, 6.45) is 3.43. The van der Waals surface area contributed by atoms with Gasteiger partial charge in [-0.05, 0) is 28.8 Å². The van der Waals surface area contributed by atoms with Gasteiger partial charge in [-0.25, -0.2) is 14.8 Å². The maximum Gasteiger partial charge on any atom is 0.336 e. The number of aromatic nitrogens is 2. The highest BCUT2D eigenvalue weighted by molar-refractivity contribution is 5.95. The largest absolute Gasteiger partial charge is 0.478 e. The monoisotopic (exact) mass is 319 g/mol. The van der Waals surface area contributed by atoms with Crippen molar-refractivity contribution in [3.8, 4) is 11.1 Å². The Kier molecular flexibility index (Phi) is 4.52. The first-order valence-corrected chi connectivity index (χ1v) is 7.55. The average Bonchev–Trinajstić information content (AvgIpc) is 2.63. The molecule has 1 heterocycles. The summed E-state index contributed by atoms with van der Waals surface area (Å²) >= 11 is 0. The average molecular weight is 319 g/mol. The van der Waals surface area contributed by atoms with Gasteiger partial charge in [0.15, 0.2) is 0 Å². The topological polar surface area (TPSA) is 66.3 Å². The molecule has 0 bridgehead atoms. The molecule has 1 N–H and O–H groups in total. The lowest BCUT2D eigenvalue weighted by Crippen LogP contribution is -2.18. The first-order chi connectivity index (χ1) is 11.6. The smallest absolute Gasteiger partial charge is 0.336 e. The Morgan fingerprint density at radius 1 is 1.00 bits per heavy atom. The number of carboxylic acids is 1. The highest BCUT2D eigenvalue weighted by Crippen LogP contribution is 2.24. The van der Waals surface area contributed by atoms with Crippen LogP contribution in [0.3, 0.4) is 0 Å². The van der Waals surface area contributed by atoms with Crippen LogP contribution in [0.25, 0.3) is 11.1 Å². The van der Waals surface area contributed by atoms with Gasteiger partial charge in [-0.2, -0.15) is 0 Å². The minimum Gasteiger partial charge on any atom is -0.478 e. The molecule has 0 aliphatic rings. The molecule has 120 valence electrons. The molecule has 5 heteroatoms. The zero-order valence-corrected chi connectivity index (χ0v) is 13.3. The summed E-state index contributed by atoms with van der Waals surface area (Å²) in [5.74, 6) is -0.256. The predicted molar refractivity (Wildman–Crippen MR) is 93.0 cm³/mol. The van der Waals surface area contributed by atoms with Crippen LogP contribution in [-0.2, 0) is 6.54 Å². The van der Waals surface area contributed by atoms with E-state index in [2.05, 4.69) is 9.97 Å². The summed E-state index contributed by atoms with van der Waals surface area (Å²) in [6, 6.07) is 16.7. The van der Waals surface area contributed by atoms with Gasteiger partial charge in [0.25, 0.3) is 0 Å². The van der Waals surface area contributed by atoms with Gasteiger partial charge in [-0.1, -0.05) is 42.5 Å². The van der Waals surface area contributed by atoms with Crippen molar-refractivity contribution in [1.82, 2.24) is 9.97 Å². The molecule has 0 amide bonds. The number of anilines is 1. The fourth-order valence-electron chi connectivity index (χ4n) is 2.54. The standard InChI is InChI=1S/C19H17N3O2/c1-22(19-20-11-4-12-21-19)13-14-7-9-15(10-8-14)16-5-2-3-6-17(16)18(23)24/h2-12H,13H2,1H3,(H,23,24). The number of rotatable bonds is 5. The van der Waals surface area contributed by atoms with Crippen molar-refractivity contribution in [2.45, 2.75) is 6.54 Å². The first kappa shape index (κ1) is 15.7. The number of nitrogens with zero attached hydrogens (tertiary/aromatic N) is 3. The molecule has 0 aliphatic heterocycles. The Bertz CT molecular complexity index is 833. The maximum atomic E-state index is 11.3. The Balaban J connectivity index is 1.80. The van der Waals surface area contributed by atoms with Gasteiger partial charge in [-0.15, -0.1) is 0 Å². The van der Waals surface area contributed by atoms with E-state index in [0.29, 0.717) is 18.1 Å². The van der Waals surface area contributed by atoms with E-state index in [0.717, 1.165) is 16.7 Å². The quantitative estimate of drug-likeness (QED) is 0.780. The van der Waals surface area contributed by atoms with Gasteiger partial charge in [0.1, 0.15) is 0 Å². The minimum atomic E-state index is -0.921. The SMILES string of the molecule is CN(Cc1ccc(-c2ccccc2C(=O)O)cc1)c1ncccn1. The Hall–Kier alpha value is -3.21. The molecule has 2 aromatic carbocycles. The summed E-state index contributed by atoms with van der Waals surface area (Å²) in [4.78, 5) is 21.7. The van der Waals surface area contributed by atoms with Crippen LogP contribution in [0.15, 0.2) is 67.0 Å². The molecular weight excluding hydrogens is 302 g/mol. The predicted octanol–water partition coefficient (Wildman–Crippen LogP) is 3.48. The Morgan fingerprint density at radius 3 is 2.33 bits per heavy atom. The minimum absolute atomic E-state index is 0.306. The van der Waals surface area contributed by atoms with Crippen molar-refractivity contribution in [3.63, 3.8) is 0 Å². The third-order valence-electron chi connectivity index (χ3n) is 3.74. The molecule has 0 atom stereocenters. The number of aromatic carboxylic acids is 1. The maximum absolute atomic E-state index is 11.3. The van der Waals surface area contributed by atoms with Crippen molar-refractivity contribution in [2.24, 2.45) is 0 Å². The zero-order chi connectivity index (χ0) is 16.9. The van der Waals surface area contributed by atoms with Crippen molar-refractivity contribution >= 4 is 11.9 Å². The molecule has 0 aliphatic carbocycles. The highest BCUT2D eigenvalue weighted by atomic mass is 16.4. The van der Waals surface area contributed by atoms with Crippen molar-refractivity contribution in [1.29, 1.82) is 0 Å². The van der Waals surface area contributed by atoms with Crippen molar-refractivity contribution < 1.29 is 9.90 Å². The molecule has 1 aromatic heterocycles. The van der Waals surface area contributed by atoms with Crippen LogP contribution < -0.4 is 4.90 Å². The Labute approximate surface area is 140 Å². The van der Waals surface area contributed by atoms with Crippen molar-refractivity contribution in [2.75, 3.05) is 11.9 Å². The van der Waals surface area contributed by atoms with Gasteiger partial charge < -0.3 is 10.0 Å². The highest BCUT2D eigenvalue weighted by Gasteiger charge is 2.11. The third kappa shape index (κ3) is 3.41. The van der Waals surface area contributed by atoms with E-state index < -0.39 is 5.97 Å². The number of hydrogen-bond donors (Lipinski definition) is 1. The van der Waals surface area contributed by atoms with Gasteiger partial charge in [0.05, 0.1) is 5.56 Å². The molecule has 0 radical (unpaired) electrons. The molecular formula is C19H17N3O2. The fourth-order valence-corrected chi connectivity index (χ4v) is 2.54. The van der Waals surface area contributed by atoms with E-state index in [9.17, 15) is 9.90 Å². The van der Waals surface area contributed by atoms with Gasteiger partial charge >= 0.3 is 5.97 Å². The van der Waals surface area contributed by atoms with E-state index in [1.54, 1.807) is 30.6 Å². The van der Waals surface area contributed by atoms with E-state index in [1.165, 1.54) is 0 Å². The lowest BCUT2D eigenvalue weighted by Gasteiger charge is -2.17. The van der Waals surface area contributed by atoms with Crippen LogP contribution >= 0.6 is 0 Å². The second-order valence-electron chi connectivity index (χ2n) is 5.45. The van der Waals surface area contributed by atoms with Gasteiger partial charge in [0, 0.05) is 26.0 Å². The summed E-state index contributed by atoms with van der Waals surface area (Å²) in [5.41, 5.74) is 3.01. The van der Waals surface area contributed by atoms with Crippen LogP contribution in [0.4, 0.5) is 5.95 Å². The summed E-state index contributed by atoms with van der Waals surface area (Å²) in [5, 5.41) is 9.31. The second kappa shape index (κ2) is 6.91. The van der Waals surface area contributed by atoms with Gasteiger partial charge in [-0.3, -0.25) is 0 Å². The summed E-state index contributed by atoms with van der Waals surface area (Å²) < 4.78 is 0.